The van der Waals surface area contributed by atoms with Gasteiger partial charge in [-0.2, -0.15) is 0 Å². The van der Waals surface area contributed by atoms with Gasteiger partial charge in [0.05, 0.1) is 14.4 Å². The van der Waals surface area contributed by atoms with Crippen LogP contribution in [0.2, 0.25) is 0 Å². The minimum absolute atomic E-state index is 0.0601. The fraction of sp³-hybridized carbons (Fsp3) is 0.154. The molecule has 0 unspecified atom stereocenters. The van der Waals surface area contributed by atoms with Crippen molar-refractivity contribution in [3.05, 3.63) is 50.4 Å². The van der Waals surface area contributed by atoms with E-state index in [1.807, 2.05) is 6.07 Å². The van der Waals surface area contributed by atoms with E-state index in [4.69, 9.17) is 0 Å². The molecule has 1 aliphatic rings. The first kappa shape index (κ1) is 11.9. The third kappa shape index (κ3) is 1.97. The molecule has 0 fully saturated rings. The van der Waals surface area contributed by atoms with Gasteiger partial charge in [0, 0.05) is 6.54 Å². The van der Waals surface area contributed by atoms with Crippen molar-refractivity contribution in [2.45, 2.75) is 6.42 Å². The topological polar surface area (TPSA) is 20.3 Å². The number of hydrogen-bond donors (Lipinski definition) is 0. The maximum absolute atomic E-state index is 13.3. The minimum Gasteiger partial charge on any atom is -0.307 e. The summed E-state index contributed by atoms with van der Waals surface area (Å²) in [5, 5.41) is 0. The zero-order chi connectivity index (χ0) is 12.7. The number of anilines is 1. The van der Waals surface area contributed by atoms with Gasteiger partial charge in [-0.05, 0) is 52.2 Å². The van der Waals surface area contributed by atoms with Crippen LogP contribution >= 0.6 is 27.3 Å². The summed E-state index contributed by atoms with van der Waals surface area (Å²) in [5.41, 5.74) is 1.73. The third-order valence-corrected chi connectivity index (χ3v) is 4.58. The van der Waals surface area contributed by atoms with E-state index in [1.165, 1.54) is 23.5 Å². The highest BCUT2D eigenvalue weighted by atomic mass is 79.9. The van der Waals surface area contributed by atoms with E-state index in [9.17, 15) is 9.18 Å². The number of benzene rings is 1. The van der Waals surface area contributed by atoms with E-state index in [2.05, 4.69) is 15.9 Å². The molecule has 1 aliphatic heterocycles. The fourth-order valence-electron chi connectivity index (χ4n) is 2.13. The number of carbonyl (C=O) groups is 1. The summed E-state index contributed by atoms with van der Waals surface area (Å²) >= 11 is 4.73. The molecule has 2 nitrogen and oxygen atoms in total. The summed E-state index contributed by atoms with van der Waals surface area (Å²) in [4.78, 5) is 14.6. The van der Waals surface area contributed by atoms with Crippen LogP contribution in [0.1, 0.15) is 15.2 Å². The number of carbonyl (C=O) groups excluding carboxylic acids is 1. The molecule has 0 radical (unpaired) electrons. The van der Waals surface area contributed by atoms with Crippen LogP contribution in [0.5, 0.6) is 0 Å². The highest BCUT2D eigenvalue weighted by Crippen LogP contribution is 2.32. The Morgan fingerprint density at radius 3 is 2.89 bits per heavy atom. The van der Waals surface area contributed by atoms with Crippen LogP contribution in [0.3, 0.4) is 0 Å². The molecule has 1 aromatic heterocycles. The number of amides is 1. The van der Waals surface area contributed by atoms with Crippen LogP contribution in [0.4, 0.5) is 10.1 Å². The third-order valence-electron chi connectivity index (χ3n) is 2.97. The van der Waals surface area contributed by atoms with Gasteiger partial charge in [-0.25, -0.2) is 4.39 Å². The van der Waals surface area contributed by atoms with Crippen LogP contribution in [0, 0.1) is 5.82 Å². The molecule has 0 aliphatic carbocycles. The second-order valence-corrected chi connectivity index (χ2v) is 6.55. The predicted octanol–water partition coefficient (Wildman–Crippen LogP) is 3.85. The molecule has 2 heterocycles. The molecule has 92 valence electrons. The second-order valence-electron chi connectivity index (χ2n) is 4.08. The van der Waals surface area contributed by atoms with E-state index in [1.54, 1.807) is 17.0 Å². The van der Waals surface area contributed by atoms with Gasteiger partial charge in [-0.15, -0.1) is 11.3 Å². The molecule has 3 rings (SSSR count). The second kappa shape index (κ2) is 4.48. The van der Waals surface area contributed by atoms with Crippen molar-refractivity contribution >= 4 is 38.9 Å². The lowest BCUT2D eigenvalue weighted by Gasteiger charge is -2.16. The van der Waals surface area contributed by atoms with Crippen molar-refractivity contribution in [1.29, 1.82) is 0 Å². The molecule has 2 aromatic rings. The number of halogens is 2. The first-order valence-corrected chi connectivity index (χ1v) is 7.12. The molecule has 5 heteroatoms. The van der Waals surface area contributed by atoms with Crippen molar-refractivity contribution in [3.8, 4) is 0 Å². The SMILES string of the molecule is O=C(c1ccc(Br)s1)N1CCc2ccc(F)cc21. The van der Waals surface area contributed by atoms with Gasteiger partial charge in [-0.1, -0.05) is 6.07 Å². The number of thiophene rings is 1. The molecular formula is C13H9BrFNOS. The highest BCUT2D eigenvalue weighted by molar-refractivity contribution is 9.11. The molecular weight excluding hydrogens is 317 g/mol. The summed E-state index contributed by atoms with van der Waals surface area (Å²) in [5.74, 6) is -0.365. The number of nitrogens with zero attached hydrogens (tertiary/aromatic N) is 1. The molecule has 0 N–H and O–H groups in total. The van der Waals surface area contributed by atoms with Crippen LogP contribution in [0.15, 0.2) is 34.1 Å². The summed E-state index contributed by atoms with van der Waals surface area (Å²) in [7, 11) is 0. The van der Waals surface area contributed by atoms with Gasteiger partial charge < -0.3 is 4.90 Å². The monoisotopic (exact) mass is 325 g/mol. The Hall–Kier alpha value is -1.20. The van der Waals surface area contributed by atoms with Crippen molar-refractivity contribution in [1.82, 2.24) is 0 Å². The van der Waals surface area contributed by atoms with Gasteiger partial charge in [0.15, 0.2) is 0 Å². The van der Waals surface area contributed by atoms with Crippen molar-refractivity contribution in [2.24, 2.45) is 0 Å². The van der Waals surface area contributed by atoms with Crippen molar-refractivity contribution < 1.29 is 9.18 Å². The summed E-state index contributed by atoms with van der Waals surface area (Å²) in [6.45, 7) is 0.618. The molecule has 0 saturated heterocycles. The van der Waals surface area contributed by atoms with Crippen molar-refractivity contribution in [2.75, 3.05) is 11.4 Å². The Labute approximate surface area is 116 Å². The largest absolute Gasteiger partial charge is 0.307 e. The van der Waals surface area contributed by atoms with E-state index < -0.39 is 0 Å². The van der Waals surface area contributed by atoms with Crippen LogP contribution in [-0.4, -0.2) is 12.5 Å². The number of fused-ring (bicyclic) bond motifs is 1. The maximum atomic E-state index is 13.3. The Balaban J connectivity index is 1.96. The Morgan fingerprint density at radius 2 is 2.17 bits per heavy atom. The van der Waals surface area contributed by atoms with Gasteiger partial charge in [0.25, 0.3) is 5.91 Å². The quantitative estimate of drug-likeness (QED) is 0.779. The molecule has 0 bridgehead atoms. The smallest absolute Gasteiger partial charge is 0.268 e. The van der Waals surface area contributed by atoms with Crippen LogP contribution in [-0.2, 0) is 6.42 Å². The highest BCUT2D eigenvalue weighted by Gasteiger charge is 2.26. The molecule has 0 saturated carbocycles. The average molecular weight is 326 g/mol. The van der Waals surface area contributed by atoms with Gasteiger partial charge in [0.2, 0.25) is 0 Å². The molecule has 1 amide bonds. The summed E-state index contributed by atoms with van der Waals surface area (Å²) < 4.78 is 14.2. The first-order chi connectivity index (χ1) is 8.65. The maximum Gasteiger partial charge on any atom is 0.268 e. The lowest BCUT2D eigenvalue weighted by Crippen LogP contribution is -2.28. The van der Waals surface area contributed by atoms with Gasteiger partial charge >= 0.3 is 0 Å². The van der Waals surface area contributed by atoms with Crippen LogP contribution < -0.4 is 4.90 Å². The van der Waals surface area contributed by atoms with E-state index in [-0.39, 0.29) is 11.7 Å². The fourth-order valence-corrected chi connectivity index (χ4v) is 3.46. The summed E-state index contributed by atoms with van der Waals surface area (Å²) in [6.07, 6.45) is 0.786. The predicted molar refractivity (Wildman–Crippen MR) is 73.8 cm³/mol. The Kier molecular flexibility index (Phi) is 2.95. The minimum atomic E-state index is -0.305. The normalized spacial score (nSPS) is 13.8. The number of hydrogen-bond acceptors (Lipinski definition) is 2. The lowest BCUT2D eigenvalue weighted by molar-refractivity contribution is 0.0993. The van der Waals surface area contributed by atoms with E-state index in [0.29, 0.717) is 17.1 Å². The van der Waals surface area contributed by atoms with Crippen molar-refractivity contribution in [3.63, 3.8) is 0 Å². The van der Waals surface area contributed by atoms with E-state index >= 15 is 0 Å². The molecule has 0 spiro atoms. The van der Waals surface area contributed by atoms with Gasteiger partial charge in [0.1, 0.15) is 5.82 Å². The summed E-state index contributed by atoms with van der Waals surface area (Å²) in [6, 6.07) is 8.26. The zero-order valence-electron chi connectivity index (χ0n) is 9.32. The molecule has 0 atom stereocenters. The Morgan fingerprint density at radius 1 is 1.33 bits per heavy atom. The van der Waals surface area contributed by atoms with E-state index in [0.717, 1.165) is 15.8 Å². The first-order valence-electron chi connectivity index (χ1n) is 5.51. The Bertz CT molecular complexity index is 625. The van der Waals surface area contributed by atoms with Crippen LogP contribution in [0.25, 0.3) is 0 Å². The molecule has 18 heavy (non-hydrogen) atoms. The van der Waals surface area contributed by atoms with Gasteiger partial charge in [-0.3, -0.25) is 4.79 Å². The number of rotatable bonds is 1. The zero-order valence-corrected chi connectivity index (χ0v) is 11.7. The molecule has 1 aromatic carbocycles. The standard InChI is InChI=1S/C13H9BrFNOS/c14-12-4-3-11(18-12)13(17)16-6-5-8-1-2-9(15)7-10(8)16/h1-4,7H,5-6H2. The average Bonchev–Trinajstić information content (AvgIpc) is 2.94. The lowest BCUT2D eigenvalue weighted by atomic mass is 10.2.